The summed E-state index contributed by atoms with van der Waals surface area (Å²) in [5.41, 5.74) is 0.274. The molecule has 1 aromatic carbocycles. The van der Waals surface area contributed by atoms with Crippen LogP contribution in [-0.2, 0) is 14.8 Å². The van der Waals surface area contributed by atoms with E-state index in [9.17, 15) is 18.3 Å². The summed E-state index contributed by atoms with van der Waals surface area (Å²) in [5, 5.41) is 9.69. The number of hydrogen-bond donors (Lipinski definition) is 2. The van der Waals surface area contributed by atoms with Gasteiger partial charge in [-0.05, 0) is 36.6 Å². The predicted molar refractivity (Wildman–Crippen MR) is 78.4 cm³/mol. The smallest absolute Gasteiger partial charge is 0.337 e. The first kappa shape index (κ1) is 17.6. The number of carbonyl (C=O) groups is 1. The average Bonchev–Trinajstić information content (AvgIpc) is 2.44. The van der Waals surface area contributed by atoms with Gasteiger partial charge in [0.25, 0.3) is 0 Å². The molecule has 0 aliphatic heterocycles. The van der Waals surface area contributed by atoms with E-state index in [2.05, 4.69) is 9.46 Å². The molecular formula is C14H21NO5S. The zero-order valence-corrected chi connectivity index (χ0v) is 13.2. The first-order valence-corrected chi connectivity index (χ1v) is 8.10. The Labute approximate surface area is 125 Å². The third-order valence-corrected chi connectivity index (χ3v) is 4.28. The molecule has 0 aliphatic rings. The summed E-state index contributed by atoms with van der Waals surface area (Å²) < 4.78 is 31.0. The van der Waals surface area contributed by atoms with Crippen molar-refractivity contribution in [2.75, 3.05) is 13.7 Å². The fourth-order valence-corrected chi connectivity index (χ4v) is 2.88. The van der Waals surface area contributed by atoms with Crippen LogP contribution in [0.1, 0.15) is 30.6 Å². The van der Waals surface area contributed by atoms with E-state index in [4.69, 9.17) is 0 Å². The first-order valence-electron chi connectivity index (χ1n) is 6.62. The summed E-state index contributed by atoms with van der Waals surface area (Å²) in [6.45, 7) is 3.85. The fraction of sp³-hybridized carbons (Fsp3) is 0.500. The minimum Gasteiger partial charge on any atom is -0.465 e. The predicted octanol–water partition coefficient (Wildman–Crippen LogP) is 1.16. The highest BCUT2D eigenvalue weighted by Crippen LogP contribution is 2.12. The van der Waals surface area contributed by atoms with E-state index in [0.29, 0.717) is 6.42 Å². The average molecular weight is 315 g/mol. The van der Waals surface area contributed by atoms with Crippen molar-refractivity contribution in [3.63, 3.8) is 0 Å². The van der Waals surface area contributed by atoms with Gasteiger partial charge in [-0.1, -0.05) is 13.8 Å². The van der Waals surface area contributed by atoms with Crippen molar-refractivity contribution in [3.8, 4) is 0 Å². The van der Waals surface area contributed by atoms with Crippen LogP contribution in [0.15, 0.2) is 29.2 Å². The molecule has 1 aromatic rings. The first-order chi connectivity index (χ1) is 9.76. The summed E-state index contributed by atoms with van der Waals surface area (Å²) >= 11 is 0. The van der Waals surface area contributed by atoms with E-state index in [-0.39, 0.29) is 22.9 Å². The highest BCUT2D eigenvalue weighted by atomic mass is 32.2. The second kappa shape index (κ2) is 7.53. The molecule has 118 valence electrons. The van der Waals surface area contributed by atoms with Crippen LogP contribution in [-0.4, -0.2) is 39.3 Å². The maximum Gasteiger partial charge on any atom is 0.337 e. The van der Waals surface area contributed by atoms with Crippen molar-refractivity contribution >= 4 is 16.0 Å². The van der Waals surface area contributed by atoms with Gasteiger partial charge in [0.2, 0.25) is 10.0 Å². The van der Waals surface area contributed by atoms with Crippen LogP contribution in [0.4, 0.5) is 0 Å². The molecule has 6 nitrogen and oxygen atoms in total. The van der Waals surface area contributed by atoms with Crippen LogP contribution in [0.25, 0.3) is 0 Å². The second-order valence-electron chi connectivity index (χ2n) is 5.15. The van der Waals surface area contributed by atoms with Crippen molar-refractivity contribution in [2.45, 2.75) is 31.3 Å². The Morgan fingerprint density at radius 3 is 2.33 bits per heavy atom. The van der Waals surface area contributed by atoms with Gasteiger partial charge in [0, 0.05) is 6.54 Å². The molecule has 1 rings (SSSR count). The van der Waals surface area contributed by atoms with Crippen molar-refractivity contribution in [1.82, 2.24) is 4.72 Å². The summed E-state index contributed by atoms with van der Waals surface area (Å²) in [7, 11) is -2.45. The number of aliphatic hydroxyl groups is 1. The van der Waals surface area contributed by atoms with Gasteiger partial charge in [0.15, 0.2) is 0 Å². The molecule has 0 radical (unpaired) electrons. The molecule has 1 atom stereocenters. The van der Waals surface area contributed by atoms with Crippen LogP contribution < -0.4 is 4.72 Å². The summed E-state index contributed by atoms with van der Waals surface area (Å²) in [6, 6.07) is 5.41. The van der Waals surface area contributed by atoms with E-state index in [1.165, 1.54) is 31.4 Å². The van der Waals surface area contributed by atoms with Crippen LogP contribution in [0, 0.1) is 5.92 Å². The lowest BCUT2D eigenvalue weighted by atomic mass is 10.1. The Kier molecular flexibility index (Phi) is 6.32. The van der Waals surface area contributed by atoms with Gasteiger partial charge in [-0.3, -0.25) is 0 Å². The van der Waals surface area contributed by atoms with Crippen LogP contribution in [0.3, 0.4) is 0 Å². The van der Waals surface area contributed by atoms with E-state index < -0.39 is 22.1 Å². The number of rotatable bonds is 7. The molecule has 0 aliphatic carbocycles. The van der Waals surface area contributed by atoms with Gasteiger partial charge in [0.1, 0.15) is 0 Å². The number of methoxy groups -OCH3 is 1. The molecular weight excluding hydrogens is 294 g/mol. The molecule has 7 heteroatoms. The van der Waals surface area contributed by atoms with Crippen molar-refractivity contribution in [3.05, 3.63) is 29.8 Å². The quantitative estimate of drug-likeness (QED) is 0.737. The van der Waals surface area contributed by atoms with E-state index >= 15 is 0 Å². The van der Waals surface area contributed by atoms with Crippen molar-refractivity contribution < 1.29 is 23.1 Å². The molecule has 1 unspecified atom stereocenters. The molecule has 0 bridgehead atoms. The molecule has 0 saturated carbocycles. The molecule has 0 heterocycles. The lowest BCUT2D eigenvalue weighted by Crippen LogP contribution is -2.32. The number of nitrogens with one attached hydrogen (secondary N) is 1. The number of hydrogen-bond acceptors (Lipinski definition) is 5. The SMILES string of the molecule is COC(=O)c1ccc(S(=O)(=O)NCC(O)CC(C)C)cc1. The lowest BCUT2D eigenvalue weighted by Gasteiger charge is -2.14. The number of esters is 1. The highest BCUT2D eigenvalue weighted by Gasteiger charge is 2.17. The van der Waals surface area contributed by atoms with Crippen molar-refractivity contribution in [2.24, 2.45) is 5.92 Å². The Morgan fingerprint density at radius 1 is 1.29 bits per heavy atom. The Morgan fingerprint density at radius 2 is 1.86 bits per heavy atom. The van der Waals surface area contributed by atoms with Gasteiger partial charge in [-0.15, -0.1) is 0 Å². The Balaban J connectivity index is 2.72. The summed E-state index contributed by atoms with van der Waals surface area (Å²) in [5.74, 6) is -0.247. The second-order valence-corrected chi connectivity index (χ2v) is 6.92. The van der Waals surface area contributed by atoms with Gasteiger partial charge in [0.05, 0.1) is 23.7 Å². The number of sulfonamides is 1. The van der Waals surface area contributed by atoms with Crippen molar-refractivity contribution in [1.29, 1.82) is 0 Å². The topological polar surface area (TPSA) is 92.7 Å². The standard InChI is InChI=1S/C14H21NO5S/c1-10(2)8-12(16)9-15-21(18,19)13-6-4-11(5-7-13)14(17)20-3/h4-7,10,12,15-16H,8-9H2,1-3H3. The molecule has 0 spiro atoms. The molecule has 0 amide bonds. The van der Waals surface area contributed by atoms with Gasteiger partial charge in [-0.25, -0.2) is 17.9 Å². The summed E-state index contributed by atoms with van der Waals surface area (Å²) in [6.07, 6.45) is -0.210. The number of benzene rings is 1. The third-order valence-electron chi connectivity index (χ3n) is 2.84. The Bertz CT molecular complexity index is 566. The monoisotopic (exact) mass is 315 g/mol. The normalized spacial score (nSPS) is 13.2. The van der Waals surface area contributed by atoms with Gasteiger partial charge < -0.3 is 9.84 Å². The van der Waals surface area contributed by atoms with Crippen LogP contribution in [0.2, 0.25) is 0 Å². The van der Waals surface area contributed by atoms with E-state index in [1.807, 2.05) is 13.8 Å². The minimum atomic E-state index is -3.70. The van der Waals surface area contributed by atoms with E-state index in [0.717, 1.165) is 0 Å². The van der Waals surface area contributed by atoms with Crippen LogP contribution in [0.5, 0.6) is 0 Å². The maximum atomic E-state index is 12.0. The van der Waals surface area contributed by atoms with Crippen LogP contribution >= 0.6 is 0 Å². The Hall–Kier alpha value is -1.44. The molecule has 21 heavy (non-hydrogen) atoms. The third kappa shape index (κ3) is 5.45. The number of aliphatic hydroxyl groups excluding tert-OH is 1. The highest BCUT2D eigenvalue weighted by molar-refractivity contribution is 7.89. The molecule has 0 fully saturated rings. The largest absolute Gasteiger partial charge is 0.465 e. The lowest BCUT2D eigenvalue weighted by molar-refractivity contribution is 0.0600. The minimum absolute atomic E-state index is 0.0342. The number of ether oxygens (including phenoxy) is 1. The van der Waals surface area contributed by atoms with E-state index in [1.54, 1.807) is 0 Å². The number of carbonyl (C=O) groups excluding carboxylic acids is 1. The fourth-order valence-electron chi connectivity index (χ4n) is 1.80. The zero-order valence-electron chi connectivity index (χ0n) is 12.4. The zero-order chi connectivity index (χ0) is 16.0. The molecule has 0 aromatic heterocycles. The van der Waals surface area contributed by atoms with Gasteiger partial charge >= 0.3 is 5.97 Å². The molecule has 2 N–H and O–H groups in total. The van der Waals surface area contributed by atoms with Gasteiger partial charge in [-0.2, -0.15) is 0 Å². The molecule has 0 saturated heterocycles. The maximum absolute atomic E-state index is 12.0. The summed E-state index contributed by atoms with van der Waals surface area (Å²) in [4.78, 5) is 11.3.